The van der Waals surface area contributed by atoms with Gasteiger partial charge >= 0.3 is 0 Å². The van der Waals surface area contributed by atoms with Gasteiger partial charge in [-0.3, -0.25) is 4.79 Å². The molecule has 1 saturated carbocycles. The average Bonchev–Trinajstić information content (AvgIpc) is 2.86. The highest BCUT2D eigenvalue weighted by Crippen LogP contribution is 2.24. The van der Waals surface area contributed by atoms with Crippen molar-refractivity contribution in [3.8, 4) is 0 Å². The van der Waals surface area contributed by atoms with Crippen molar-refractivity contribution in [2.24, 2.45) is 5.92 Å². The van der Waals surface area contributed by atoms with Gasteiger partial charge in [-0.05, 0) is 32.4 Å². The third-order valence-electron chi connectivity index (χ3n) is 3.54. The second kappa shape index (κ2) is 8.48. The van der Waals surface area contributed by atoms with E-state index in [9.17, 15) is 4.79 Å². The number of carbonyl (C=O) groups is 1. The Kier molecular flexibility index (Phi) is 7.21. The lowest BCUT2D eigenvalue weighted by molar-refractivity contribution is -0.124. The Balaban J connectivity index is 2.04. The van der Waals surface area contributed by atoms with Gasteiger partial charge in [-0.1, -0.05) is 19.8 Å². The van der Waals surface area contributed by atoms with E-state index >= 15 is 0 Å². The van der Waals surface area contributed by atoms with Crippen molar-refractivity contribution >= 4 is 5.91 Å². The Hall–Kier alpha value is -0.610. The zero-order chi connectivity index (χ0) is 12.5. The lowest BCUT2D eigenvalue weighted by Crippen LogP contribution is -2.33. The highest BCUT2D eigenvalue weighted by Gasteiger charge is 2.21. The molecule has 1 amide bonds. The molecule has 0 aliphatic heterocycles. The van der Waals surface area contributed by atoms with Crippen LogP contribution in [0.1, 0.15) is 39.0 Å². The van der Waals surface area contributed by atoms with Gasteiger partial charge in [0.1, 0.15) is 0 Å². The molecule has 1 fully saturated rings. The van der Waals surface area contributed by atoms with Gasteiger partial charge in [0.25, 0.3) is 0 Å². The number of aliphatic hydroxyl groups excluding tert-OH is 1. The molecule has 2 N–H and O–H groups in total. The van der Waals surface area contributed by atoms with Crippen LogP contribution in [0.2, 0.25) is 0 Å². The smallest absolute Gasteiger partial charge is 0.223 e. The summed E-state index contributed by atoms with van der Waals surface area (Å²) in [5.74, 6) is 0.516. The zero-order valence-corrected chi connectivity index (χ0v) is 11.0. The van der Waals surface area contributed by atoms with Crippen molar-refractivity contribution in [1.29, 1.82) is 0 Å². The summed E-state index contributed by atoms with van der Waals surface area (Å²) in [6, 6.07) is 0. The van der Waals surface area contributed by atoms with Gasteiger partial charge < -0.3 is 15.3 Å². The van der Waals surface area contributed by atoms with Crippen molar-refractivity contribution < 1.29 is 9.90 Å². The standard InChI is InChI=1S/C13H26N2O2/c1-2-15(10-11-16)9-5-8-14-13(17)12-6-3-4-7-12/h12,16H,2-11H2,1H3,(H,14,17). The van der Waals surface area contributed by atoms with E-state index in [2.05, 4.69) is 17.1 Å². The van der Waals surface area contributed by atoms with Crippen LogP contribution in [0.25, 0.3) is 0 Å². The summed E-state index contributed by atoms with van der Waals surface area (Å²) in [5.41, 5.74) is 0. The van der Waals surface area contributed by atoms with Gasteiger partial charge in [-0.2, -0.15) is 0 Å². The number of nitrogens with zero attached hydrogens (tertiary/aromatic N) is 1. The van der Waals surface area contributed by atoms with Crippen molar-refractivity contribution in [1.82, 2.24) is 10.2 Å². The molecule has 1 rings (SSSR count). The normalized spacial score (nSPS) is 16.6. The molecule has 4 heteroatoms. The largest absolute Gasteiger partial charge is 0.395 e. The topological polar surface area (TPSA) is 52.6 Å². The Bertz CT molecular complexity index is 215. The summed E-state index contributed by atoms with van der Waals surface area (Å²) < 4.78 is 0. The van der Waals surface area contributed by atoms with Crippen molar-refractivity contribution in [3.05, 3.63) is 0 Å². The van der Waals surface area contributed by atoms with E-state index in [0.29, 0.717) is 0 Å². The SMILES string of the molecule is CCN(CCO)CCCNC(=O)C1CCCC1. The van der Waals surface area contributed by atoms with Crippen molar-refractivity contribution in [2.45, 2.75) is 39.0 Å². The maximum atomic E-state index is 11.7. The van der Waals surface area contributed by atoms with Gasteiger partial charge in [-0.25, -0.2) is 0 Å². The fourth-order valence-corrected chi connectivity index (χ4v) is 2.42. The van der Waals surface area contributed by atoms with Crippen LogP contribution in [0.3, 0.4) is 0 Å². The molecule has 0 radical (unpaired) electrons. The minimum atomic E-state index is 0.211. The summed E-state index contributed by atoms with van der Waals surface area (Å²) in [6.45, 7) is 5.69. The molecule has 0 aromatic carbocycles. The van der Waals surface area contributed by atoms with E-state index in [1.54, 1.807) is 0 Å². The summed E-state index contributed by atoms with van der Waals surface area (Å²) in [5, 5.41) is 11.9. The summed E-state index contributed by atoms with van der Waals surface area (Å²) in [7, 11) is 0. The van der Waals surface area contributed by atoms with Crippen LogP contribution in [-0.2, 0) is 4.79 Å². The Morgan fingerprint density at radius 2 is 2.06 bits per heavy atom. The highest BCUT2D eigenvalue weighted by molar-refractivity contribution is 5.78. The fraction of sp³-hybridized carbons (Fsp3) is 0.923. The molecule has 17 heavy (non-hydrogen) atoms. The Morgan fingerprint density at radius 1 is 1.35 bits per heavy atom. The predicted molar refractivity (Wildman–Crippen MR) is 68.8 cm³/mol. The quantitative estimate of drug-likeness (QED) is 0.624. The number of hydrogen-bond donors (Lipinski definition) is 2. The minimum absolute atomic E-state index is 0.211. The molecule has 0 aromatic rings. The van der Waals surface area contributed by atoms with E-state index in [4.69, 9.17) is 5.11 Å². The van der Waals surface area contributed by atoms with Crippen LogP contribution in [0, 0.1) is 5.92 Å². The van der Waals surface area contributed by atoms with Crippen LogP contribution < -0.4 is 5.32 Å². The first kappa shape index (κ1) is 14.5. The maximum Gasteiger partial charge on any atom is 0.223 e. The molecule has 0 bridgehead atoms. The maximum absolute atomic E-state index is 11.7. The van der Waals surface area contributed by atoms with Crippen LogP contribution >= 0.6 is 0 Å². The minimum Gasteiger partial charge on any atom is -0.395 e. The van der Waals surface area contributed by atoms with E-state index in [1.165, 1.54) is 12.8 Å². The second-order valence-electron chi connectivity index (χ2n) is 4.78. The molecule has 0 aromatic heterocycles. The number of aliphatic hydroxyl groups is 1. The van der Waals surface area contributed by atoms with Crippen LogP contribution in [-0.4, -0.2) is 48.7 Å². The van der Waals surface area contributed by atoms with E-state index in [-0.39, 0.29) is 18.4 Å². The predicted octanol–water partition coefficient (Wildman–Crippen LogP) is 0.997. The summed E-state index contributed by atoms with van der Waals surface area (Å²) >= 11 is 0. The first-order valence-corrected chi connectivity index (χ1v) is 6.88. The highest BCUT2D eigenvalue weighted by atomic mass is 16.3. The van der Waals surface area contributed by atoms with Gasteiger partial charge in [-0.15, -0.1) is 0 Å². The van der Waals surface area contributed by atoms with Gasteiger partial charge in [0.2, 0.25) is 5.91 Å². The van der Waals surface area contributed by atoms with Gasteiger partial charge in [0, 0.05) is 19.0 Å². The number of carbonyl (C=O) groups excluding carboxylic acids is 1. The molecule has 1 aliphatic carbocycles. The van der Waals surface area contributed by atoms with Crippen LogP contribution in [0.5, 0.6) is 0 Å². The lowest BCUT2D eigenvalue weighted by atomic mass is 10.1. The molecule has 100 valence electrons. The van der Waals surface area contributed by atoms with Crippen LogP contribution in [0.4, 0.5) is 0 Å². The molecule has 0 atom stereocenters. The molecule has 0 heterocycles. The number of rotatable bonds is 8. The van der Waals surface area contributed by atoms with Crippen molar-refractivity contribution in [3.63, 3.8) is 0 Å². The molecule has 1 aliphatic rings. The average molecular weight is 242 g/mol. The van der Waals surface area contributed by atoms with E-state index in [1.807, 2.05) is 0 Å². The van der Waals surface area contributed by atoms with Gasteiger partial charge in [0.15, 0.2) is 0 Å². The molecule has 0 unspecified atom stereocenters. The second-order valence-corrected chi connectivity index (χ2v) is 4.78. The third kappa shape index (κ3) is 5.50. The summed E-state index contributed by atoms with van der Waals surface area (Å²) in [4.78, 5) is 13.9. The Morgan fingerprint density at radius 3 is 2.65 bits per heavy atom. The monoisotopic (exact) mass is 242 g/mol. The summed E-state index contributed by atoms with van der Waals surface area (Å²) in [6.07, 6.45) is 5.51. The van der Waals surface area contributed by atoms with E-state index < -0.39 is 0 Å². The first-order valence-electron chi connectivity index (χ1n) is 6.88. The number of likely N-dealkylation sites (N-methyl/N-ethyl adjacent to an activating group) is 1. The fourth-order valence-electron chi connectivity index (χ4n) is 2.42. The third-order valence-corrected chi connectivity index (χ3v) is 3.54. The molecule has 4 nitrogen and oxygen atoms in total. The zero-order valence-electron chi connectivity index (χ0n) is 11.0. The van der Waals surface area contributed by atoms with Gasteiger partial charge in [0.05, 0.1) is 6.61 Å². The molecular weight excluding hydrogens is 216 g/mol. The number of hydrogen-bond acceptors (Lipinski definition) is 3. The molecular formula is C13H26N2O2. The molecule has 0 saturated heterocycles. The van der Waals surface area contributed by atoms with Crippen molar-refractivity contribution in [2.75, 3.05) is 32.8 Å². The lowest BCUT2D eigenvalue weighted by Gasteiger charge is -2.19. The number of amides is 1. The van der Waals surface area contributed by atoms with E-state index in [0.717, 1.165) is 45.4 Å². The van der Waals surface area contributed by atoms with Crippen LogP contribution in [0.15, 0.2) is 0 Å². The number of nitrogens with one attached hydrogen (secondary N) is 1. The molecule has 0 spiro atoms. The first-order chi connectivity index (χ1) is 8.27. The Labute approximate surface area is 104 Å².